The normalized spacial score (nSPS) is 16.7. The highest BCUT2D eigenvalue weighted by molar-refractivity contribution is 5.93. The van der Waals surface area contributed by atoms with Crippen LogP contribution in [0.3, 0.4) is 0 Å². The van der Waals surface area contributed by atoms with Gasteiger partial charge in [-0.15, -0.1) is 0 Å². The summed E-state index contributed by atoms with van der Waals surface area (Å²) < 4.78 is 5.16. The van der Waals surface area contributed by atoms with Crippen LogP contribution in [0, 0.1) is 0 Å². The van der Waals surface area contributed by atoms with E-state index in [-0.39, 0.29) is 18.6 Å². The molecule has 1 aliphatic rings. The van der Waals surface area contributed by atoms with Crippen LogP contribution in [0.15, 0.2) is 42.5 Å². The van der Waals surface area contributed by atoms with Crippen molar-refractivity contribution in [3.8, 4) is 0 Å². The number of aliphatic hydroxyl groups is 1. The summed E-state index contributed by atoms with van der Waals surface area (Å²) in [6, 6.07) is 13.5. The molecule has 3 rings (SSSR count). The summed E-state index contributed by atoms with van der Waals surface area (Å²) in [6.07, 6.45) is 1.77. The van der Waals surface area contributed by atoms with E-state index >= 15 is 0 Å². The second-order valence-electron chi connectivity index (χ2n) is 6.49. The third kappa shape index (κ3) is 4.39. The zero-order valence-corrected chi connectivity index (χ0v) is 15.0. The first kappa shape index (κ1) is 18.4. The van der Waals surface area contributed by atoms with Crippen molar-refractivity contribution in [2.24, 2.45) is 0 Å². The average molecular weight is 355 g/mol. The van der Waals surface area contributed by atoms with Crippen molar-refractivity contribution in [2.75, 3.05) is 25.6 Å². The fourth-order valence-corrected chi connectivity index (χ4v) is 3.28. The lowest BCUT2D eigenvalue weighted by Crippen LogP contribution is -2.38. The number of aromatic nitrogens is 1. The van der Waals surface area contributed by atoms with E-state index in [0.29, 0.717) is 31.2 Å². The minimum atomic E-state index is -0.118. The van der Waals surface area contributed by atoms with Gasteiger partial charge in [-0.2, -0.15) is 0 Å². The van der Waals surface area contributed by atoms with Gasteiger partial charge in [0.15, 0.2) is 0 Å². The van der Waals surface area contributed by atoms with Gasteiger partial charge < -0.3 is 20.1 Å². The van der Waals surface area contributed by atoms with E-state index in [1.165, 1.54) is 0 Å². The molecule has 2 heterocycles. The number of carbonyl (C=O) groups is 1. The van der Waals surface area contributed by atoms with E-state index in [0.717, 1.165) is 24.0 Å². The summed E-state index contributed by atoms with van der Waals surface area (Å²) in [5.41, 5.74) is 2.65. The summed E-state index contributed by atoms with van der Waals surface area (Å²) in [5.74, 6) is 0.542. The zero-order valence-electron chi connectivity index (χ0n) is 15.0. The summed E-state index contributed by atoms with van der Waals surface area (Å²) in [5, 5.41) is 12.7. The zero-order chi connectivity index (χ0) is 18.4. The molecule has 6 heteroatoms. The second kappa shape index (κ2) is 8.78. The number of nitrogens with one attached hydrogen (secondary N) is 1. The number of carbonyl (C=O) groups excluding carboxylic acids is 1. The van der Waals surface area contributed by atoms with Crippen LogP contribution < -0.4 is 5.32 Å². The van der Waals surface area contributed by atoms with E-state index in [4.69, 9.17) is 4.74 Å². The molecule has 0 aliphatic carbocycles. The number of methoxy groups -OCH3 is 1. The minimum absolute atomic E-state index is 0.00148. The Kier molecular flexibility index (Phi) is 6.20. The summed E-state index contributed by atoms with van der Waals surface area (Å²) in [7, 11) is 1.68. The molecule has 0 radical (unpaired) electrons. The highest BCUT2D eigenvalue weighted by Crippen LogP contribution is 2.20. The molecule has 1 fully saturated rings. The molecule has 1 atom stereocenters. The van der Waals surface area contributed by atoms with Gasteiger partial charge in [-0.05, 0) is 36.1 Å². The van der Waals surface area contributed by atoms with Gasteiger partial charge in [0.1, 0.15) is 11.5 Å². The van der Waals surface area contributed by atoms with Crippen LogP contribution in [0.4, 0.5) is 5.82 Å². The van der Waals surface area contributed by atoms with Crippen LogP contribution in [-0.4, -0.2) is 47.2 Å². The molecule has 1 amide bonds. The first-order chi connectivity index (χ1) is 12.7. The lowest BCUT2D eigenvalue weighted by atomic mass is 10.1. The van der Waals surface area contributed by atoms with E-state index < -0.39 is 0 Å². The summed E-state index contributed by atoms with van der Waals surface area (Å²) >= 11 is 0. The monoisotopic (exact) mass is 355 g/mol. The van der Waals surface area contributed by atoms with E-state index in [1.807, 2.05) is 30.3 Å². The lowest BCUT2D eigenvalue weighted by molar-refractivity contribution is 0.0672. The molecule has 1 aromatic heterocycles. The molecule has 2 N–H and O–H groups in total. The fourth-order valence-electron chi connectivity index (χ4n) is 3.28. The van der Waals surface area contributed by atoms with Gasteiger partial charge >= 0.3 is 0 Å². The van der Waals surface area contributed by atoms with Crippen molar-refractivity contribution in [1.29, 1.82) is 0 Å². The molecular weight excluding hydrogens is 330 g/mol. The van der Waals surface area contributed by atoms with Crippen LogP contribution >= 0.6 is 0 Å². The fraction of sp³-hybridized carbons (Fsp3) is 0.400. The second-order valence-corrected chi connectivity index (χ2v) is 6.49. The number of anilines is 1. The molecule has 26 heavy (non-hydrogen) atoms. The minimum Gasteiger partial charge on any atom is -0.394 e. The van der Waals surface area contributed by atoms with Crippen molar-refractivity contribution in [3.05, 3.63) is 59.3 Å². The molecule has 1 aromatic carbocycles. The van der Waals surface area contributed by atoms with Gasteiger partial charge in [0.25, 0.3) is 5.91 Å². The lowest BCUT2D eigenvalue weighted by Gasteiger charge is -2.22. The van der Waals surface area contributed by atoms with E-state index in [9.17, 15) is 9.90 Å². The summed E-state index contributed by atoms with van der Waals surface area (Å²) in [6.45, 7) is 1.88. The molecule has 0 unspecified atom stereocenters. The number of hydrogen-bond acceptors (Lipinski definition) is 5. The quantitative estimate of drug-likeness (QED) is 0.798. The standard InChI is InChI=1S/C20H25N3O3/c1-26-14-16-6-2-5-15(11-16)12-21-19-9-3-8-18(22-19)20(25)23-10-4-7-17(23)13-24/h2-3,5-6,8-9,11,17,24H,4,7,10,12-14H2,1H3,(H,21,22)/t17-/m1/s1. The highest BCUT2D eigenvalue weighted by atomic mass is 16.5. The van der Waals surface area contributed by atoms with Crippen LogP contribution in [-0.2, 0) is 17.9 Å². The predicted octanol–water partition coefficient (Wildman–Crippen LogP) is 2.44. The maximum Gasteiger partial charge on any atom is 0.272 e. The van der Waals surface area contributed by atoms with Crippen molar-refractivity contribution in [3.63, 3.8) is 0 Å². The molecular formula is C20H25N3O3. The topological polar surface area (TPSA) is 74.7 Å². The highest BCUT2D eigenvalue weighted by Gasteiger charge is 2.29. The van der Waals surface area contributed by atoms with Gasteiger partial charge in [0.05, 0.1) is 19.3 Å². The maximum absolute atomic E-state index is 12.7. The van der Waals surface area contributed by atoms with Gasteiger partial charge in [0, 0.05) is 20.2 Å². The Bertz CT molecular complexity index is 751. The molecule has 1 aliphatic heterocycles. The van der Waals surface area contributed by atoms with Crippen LogP contribution in [0.1, 0.15) is 34.5 Å². The number of benzene rings is 1. The number of hydrogen-bond donors (Lipinski definition) is 2. The number of nitrogens with zero attached hydrogens (tertiary/aromatic N) is 2. The molecule has 2 aromatic rings. The number of likely N-dealkylation sites (tertiary alicyclic amines) is 1. The molecule has 0 spiro atoms. The first-order valence-electron chi connectivity index (χ1n) is 8.91. The van der Waals surface area contributed by atoms with Crippen LogP contribution in [0.5, 0.6) is 0 Å². The SMILES string of the molecule is COCc1cccc(CNc2cccc(C(=O)N3CCC[C@@H]3CO)n2)c1. The van der Waals surface area contributed by atoms with E-state index in [2.05, 4.69) is 16.4 Å². The maximum atomic E-state index is 12.7. The van der Waals surface area contributed by atoms with Crippen molar-refractivity contribution < 1.29 is 14.6 Å². The first-order valence-corrected chi connectivity index (χ1v) is 8.91. The van der Waals surface area contributed by atoms with Crippen LogP contribution in [0.25, 0.3) is 0 Å². The number of pyridine rings is 1. The number of aliphatic hydroxyl groups excluding tert-OH is 1. The van der Waals surface area contributed by atoms with Gasteiger partial charge in [-0.25, -0.2) is 4.98 Å². The smallest absolute Gasteiger partial charge is 0.272 e. The van der Waals surface area contributed by atoms with Gasteiger partial charge in [0.2, 0.25) is 0 Å². The van der Waals surface area contributed by atoms with Crippen molar-refractivity contribution in [2.45, 2.75) is 32.0 Å². The van der Waals surface area contributed by atoms with Gasteiger partial charge in [-0.3, -0.25) is 4.79 Å². The molecule has 6 nitrogen and oxygen atoms in total. The molecule has 0 saturated carbocycles. The Labute approximate surface area is 153 Å². The Balaban J connectivity index is 1.66. The Morgan fingerprint density at radius 3 is 2.92 bits per heavy atom. The Morgan fingerprint density at radius 2 is 2.12 bits per heavy atom. The Hall–Kier alpha value is -2.44. The number of rotatable bonds is 7. The summed E-state index contributed by atoms with van der Waals surface area (Å²) in [4.78, 5) is 18.8. The van der Waals surface area contributed by atoms with Crippen molar-refractivity contribution in [1.82, 2.24) is 9.88 Å². The largest absolute Gasteiger partial charge is 0.394 e. The van der Waals surface area contributed by atoms with Crippen molar-refractivity contribution >= 4 is 11.7 Å². The van der Waals surface area contributed by atoms with Crippen LogP contribution in [0.2, 0.25) is 0 Å². The third-order valence-corrected chi connectivity index (χ3v) is 4.59. The molecule has 1 saturated heterocycles. The number of amides is 1. The predicted molar refractivity (Wildman–Crippen MR) is 99.9 cm³/mol. The molecule has 0 bridgehead atoms. The third-order valence-electron chi connectivity index (χ3n) is 4.59. The average Bonchev–Trinajstić information content (AvgIpc) is 3.15. The number of ether oxygens (including phenoxy) is 1. The van der Waals surface area contributed by atoms with E-state index in [1.54, 1.807) is 18.1 Å². The Morgan fingerprint density at radius 1 is 1.31 bits per heavy atom. The van der Waals surface area contributed by atoms with Gasteiger partial charge in [-0.1, -0.05) is 30.3 Å². The molecule has 138 valence electrons.